The van der Waals surface area contributed by atoms with Gasteiger partial charge in [0.15, 0.2) is 11.5 Å². The van der Waals surface area contributed by atoms with Gasteiger partial charge in [-0.25, -0.2) is 39.3 Å². The Hall–Kier alpha value is -18.5. The third-order valence-corrected chi connectivity index (χ3v) is 17.3. The summed E-state index contributed by atoms with van der Waals surface area (Å²) in [6.07, 6.45) is 4.27. The molecule has 0 bridgehead atoms. The zero-order valence-corrected chi connectivity index (χ0v) is 65.6. The number of methoxy groups -OCH3 is 1. The predicted molar refractivity (Wildman–Crippen MR) is 440 cm³/mol. The van der Waals surface area contributed by atoms with E-state index >= 15 is 0 Å². The molecule has 15 rings (SSSR count). The maximum Gasteiger partial charge on any atom is 0.416 e. The molecule has 0 spiro atoms. The second-order valence-electron chi connectivity index (χ2n) is 26.3. The van der Waals surface area contributed by atoms with Crippen LogP contribution in [0, 0.1) is 96.5 Å². The van der Waals surface area contributed by atoms with Gasteiger partial charge in [0, 0.05) is 58.7 Å². The lowest BCUT2D eigenvalue weighted by Gasteiger charge is -2.19. The van der Waals surface area contributed by atoms with E-state index in [0.717, 1.165) is 35.3 Å². The van der Waals surface area contributed by atoms with E-state index in [-0.39, 0.29) is 73.9 Å². The number of nitrogens with one attached hydrogen (secondary N) is 7. The number of anilines is 1. The molecule has 0 aliphatic carbocycles. The standard InChI is InChI=1S/C15H15N3O.C13H12N4O.C12H6F3N3O.C12H6N4O.C12H7N3O3.C12H9N3O2.C11H6FN3O/c1-15(2,3)11-6-4-10(5-7-11)13-12(8-16)14(19)18-9-17-13;1-17(2)10-5-3-9(4-6-10)12-11(7-14)13(18)16-8-15-12;13-12(14,15)8-3-1-7(2-4-8)10-9(5-16)11(19)18-6-17-10;13-5-8-1-3-9(4-2-8)11-10(6-14)12(17)16-7-15-11;13-4-8-10(14-5-15-12(8)16)7-2-1-3-9-11(7)18-6-17-9;1-17-9-4-2-3-8(5-9)11-10(6-13)12(16)15-7-14-11;12-8-3-1-7(2-4-8)10-9(5-13)11(16)15-6-14-10/h4-7,9H,1-3H3,(H,17,18,19);3-6,8H,1-2H3,(H,15,16,18);1-4,6H,(H,17,18,19);1-4,7H,(H,15,16,17);1-3,5H,6H2,(H,14,15,16);2-5,7H,1H3,(H,14,15,16);1-4,6H,(H,14,15,16). The number of nitrogens with zero attached hydrogens (tertiary/aromatic N) is 16. The van der Waals surface area contributed by atoms with E-state index in [2.05, 4.69) is 90.5 Å². The van der Waals surface area contributed by atoms with Gasteiger partial charge >= 0.3 is 6.18 Å². The van der Waals surface area contributed by atoms with Crippen molar-refractivity contribution in [2.75, 3.05) is 32.9 Å². The number of halogens is 4. The number of aromatic nitrogens is 14. The normalized spacial score (nSPS) is 10.4. The fraction of sp³-hybridized carbons (Fsp3) is 0.103. The van der Waals surface area contributed by atoms with Crippen LogP contribution in [0.3, 0.4) is 0 Å². The molecule has 0 atom stereocenters. The molecule has 37 heteroatoms. The Kier molecular flexibility index (Phi) is 29.9. The number of fused-ring (bicyclic) bond motifs is 1. The Morgan fingerprint density at radius 1 is 0.371 bits per heavy atom. The number of hydrogen-bond acceptors (Lipinski definition) is 26. The molecular weight excluding hydrogens is 1600 g/mol. The lowest BCUT2D eigenvalue weighted by atomic mass is 9.86. The first kappa shape index (κ1) is 89.5. The van der Waals surface area contributed by atoms with Crippen LogP contribution in [-0.4, -0.2) is 97.8 Å². The zero-order valence-electron chi connectivity index (χ0n) is 65.6. The first-order valence-corrected chi connectivity index (χ1v) is 35.8. The van der Waals surface area contributed by atoms with E-state index in [4.69, 9.17) is 56.3 Å². The van der Waals surface area contributed by atoms with Crippen molar-refractivity contribution < 1.29 is 31.8 Å². The number of para-hydroxylation sites is 1. The van der Waals surface area contributed by atoms with Gasteiger partial charge in [0.05, 0.1) is 108 Å². The van der Waals surface area contributed by atoms with Crippen molar-refractivity contribution in [2.45, 2.75) is 32.4 Å². The van der Waals surface area contributed by atoms with Crippen LogP contribution in [0.2, 0.25) is 0 Å². The van der Waals surface area contributed by atoms with Crippen LogP contribution in [0.4, 0.5) is 23.2 Å². The van der Waals surface area contributed by atoms with E-state index in [9.17, 15) is 51.1 Å². The maximum absolute atomic E-state index is 12.7. The van der Waals surface area contributed by atoms with Crippen LogP contribution in [0.25, 0.3) is 78.8 Å². The molecule has 0 radical (unpaired) electrons. The summed E-state index contributed by atoms with van der Waals surface area (Å²) in [6.45, 7) is 6.52. The molecule has 124 heavy (non-hydrogen) atoms. The van der Waals surface area contributed by atoms with E-state index in [1.165, 1.54) is 79.9 Å². The molecule has 7 N–H and O–H groups in total. The summed E-state index contributed by atoms with van der Waals surface area (Å²) in [5.74, 6) is 1.35. The van der Waals surface area contributed by atoms with Crippen LogP contribution in [0.1, 0.15) is 76.4 Å². The largest absolute Gasteiger partial charge is 0.497 e. The predicted octanol–water partition coefficient (Wildman–Crippen LogP) is 11.3. The van der Waals surface area contributed by atoms with Gasteiger partial charge in [-0.1, -0.05) is 99.6 Å². The fourth-order valence-corrected chi connectivity index (χ4v) is 11.1. The van der Waals surface area contributed by atoms with Gasteiger partial charge in [-0.3, -0.25) is 33.6 Å². The Morgan fingerprint density at radius 2 is 0.677 bits per heavy atom. The minimum Gasteiger partial charge on any atom is -0.497 e. The second-order valence-corrected chi connectivity index (χ2v) is 26.3. The molecule has 1 aliphatic rings. The number of alkyl halides is 3. The average Bonchev–Trinajstić information content (AvgIpc) is 1.73. The van der Waals surface area contributed by atoms with Crippen molar-refractivity contribution in [1.29, 1.82) is 42.1 Å². The second kappa shape index (κ2) is 41.4. The van der Waals surface area contributed by atoms with Crippen LogP contribution in [0.15, 0.2) is 242 Å². The molecule has 33 nitrogen and oxygen atoms in total. The molecule has 0 saturated carbocycles. The summed E-state index contributed by atoms with van der Waals surface area (Å²) in [6, 6.07) is 58.4. The van der Waals surface area contributed by atoms with Crippen molar-refractivity contribution in [3.8, 4) is 145 Å². The summed E-state index contributed by atoms with van der Waals surface area (Å²) in [5, 5.41) is 71.2. The first-order valence-electron chi connectivity index (χ1n) is 35.8. The van der Waals surface area contributed by atoms with Gasteiger partial charge in [0.25, 0.3) is 38.9 Å². The van der Waals surface area contributed by atoms with Crippen molar-refractivity contribution in [2.24, 2.45) is 0 Å². The summed E-state index contributed by atoms with van der Waals surface area (Å²) in [4.78, 5) is 126. The van der Waals surface area contributed by atoms with E-state index in [1.807, 2.05) is 104 Å². The number of H-pyrrole nitrogens is 7. The van der Waals surface area contributed by atoms with E-state index in [1.54, 1.807) is 86.0 Å². The van der Waals surface area contributed by atoms with Gasteiger partial charge in [0.1, 0.15) is 93.0 Å². The van der Waals surface area contributed by atoms with Crippen LogP contribution >= 0.6 is 0 Å². The Balaban J connectivity index is 0.000000164. The highest BCUT2D eigenvalue weighted by Crippen LogP contribution is 2.41. The Bertz CT molecular complexity index is 6950. The minimum atomic E-state index is -4.43. The Morgan fingerprint density at radius 3 is 1.00 bits per heavy atom. The fourth-order valence-electron chi connectivity index (χ4n) is 11.1. The Labute approximate surface area is 698 Å². The quantitative estimate of drug-likeness (QED) is 0.0660. The third-order valence-electron chi connectivity index (χ3n) is 17.3. The topological polar surface area (TPSA) is 542 Å². The summed E-state index contributed by atoms with van der Waals surface area (Å²) >= 11 is 0. The molecule has 0 saturated heterocycles. The number of ether oxygens (including phenoxy) is 3. The summed E-state index contributed by atoms with van der Waals surface area (Å²) < 4.78 is 65.6. The molecule has 7 aromatic heterocycles. The van der Waals surface area contributed by atoms with E-state index < -0.39 is 50.7 Å². The highest BCUT2D eigenvalue weighted by molar-refractivity contribution is 5.76. The summed E-state index contributed by atoms with van der Waals surface area (Å²) in [5.41, 5.74) is 4.69. The molecule has 14 aromatic rings. The smallest absolute Gasteiger partial charge is 0.416 e. The van der Waals surface area contributed by atoms with Crippen molar-refractivity contribution in [3.05, 3.63) is 342 Å². The van der Waals surface area contributed by atoms with Crippen LogP contribution < -0.4 is 58.0 Å². The lowest BCUT2D eigenvalue weighted by Crippen LogP contribution is -2.13. The molecule has 7 aromatic carbocycles. The van der Waals surface area contributed by atoms with E-state index in [0.29, 0.717) is 73.5 Å². The molecule has 0 amide bonds. The molecular formula is C87H61F4N23O10. The SMILES string of the molecule is CC(C)(C)c1ccc(-c2nc[nH]c(=O)c2C#N)cc1.CN(C)c1ccc(-c2nc[nH]c(=O)c2C#N)cc1.COc1cccc(-c2nc[nH]c(=O)c2C#N)c1.N#Cc1c(-c2ccc(C(F)(F)F)cc2)nc[nH]c1=O.N#Cc1c(-c2ccc(F)cc2)nc[nH]c1=O.N#Cc1c(-c2cccc3c2OCO3)nc[nH]c1=O.N#Cc1ccc(-c2nc[nH]c(=O)c2C#N)cc1. The maximum atomic E-state index is 12.7. The van der Waals surface area contributed by atoms with Crippen LogP contribution in [-0.2, 0) is 11.6 Å². The molecule has 612 valence electrons. The minimum absolute atomic E-state index is 0.000697. The number of benzene rings is 7. The van der Waals surface area contributed by atoms with Gasteiger partial charge in [-0.15, -0.1) is 0 Å². The molecule has 0 fully saturated rings. The molecule has 0 unspecified atom stereocenters. The van der Waals surface area contributed by atoms with Crippen molar-refractivity contribution >= 4 is 5.69 Å². The van der Waals surface area contributed by atoms with Crippen LogP contribution in [0.5, 0.6) is 17.2 Å². The van der Waals surface area contributed by atoms with Gasteiger partial charge in [-0.05, 0) is 95.9 Å². The molecule has 1 aliphatic heterocycles. The van der Waals surface area contributed by atoms with Gasteiger partial charge in [-0.2, -0.15) is 55.3 Å². The summed E-state index contributed by atoms with van der Waals surface area (Å²) in [7, 11) is 5.44. The monoisotopic (exact) mass is 1660 g/mol. The molecule has 8 heterocycles. The average molecular weight is 1660 g/mol. The van der Waals surface area contributed by atoms with Crippen molar-refractivity contribution in [3.63, 3.8) is 0 Å². The first-order chi connectivity index (χ1) is 59.5. The number of nitriles is 8. The van der Waals surface area contributed by atoms with Gasteiger partial charge < -0.3 is 54.0 Å². The van der Waals surface area contributed by atoms with Gasteiger partial charge in [0.2, 0.25) is 6.79 Å². The zero-order chi connectivity index (χ0) is 89.8. The number of aromatic amines is 7. The van der Waals surface area contributed by atoms with Crippen molar-refractivity contribution in [1.82, 2.24) is 69.8 Å². The third kappa shape index (κ3) is 22.2. The highest BCUT2D eigenvalue weighted by atomic mass is 19.4. The lowest BCUT2D eigenvalue weighted by molar-refractivity contribution is -0.137. The highest BCUT2D eigenvalue weighted by Gasteiger charge is 2.30. The number of hydrogen-bond donors (Lipinski definition) is 7. The number of rotatable bonds is 9.